The van der Waals surface area contributed by atoms with Crippen LogP contribution < -0.4 is 15.6 Å². The molecule has 4 rings (SSSR count). The Morgan fingerprint density at radius 1 is 1.28 bits per heavy atom. The number of aromatic nitrogens is 2. The Morgan fingerprint density at radius 3 is 2.88 bits per heavy atom. The van der Waals surface area contributed by atoms with Crippen molar-refractivity contribution in [3.63, 3.8) is 0 Å². The zero-order chi connectivity index (χ0) is 17.1. The van der Waals surface area contributed by atoms with Crippen LogP contribution in [0.4, 0.5) is 0 Å². The summed E-state index contributed by atoms with van der Waals surface area (Å²) in [4.78, 5) is 24.1. The molecule has 25 heavy (non-hydrogen) atoms. The van der Waals surface area contributed by atoms with Crippen LogP contribution in [0.25, 0.3) is 0 Å². The smallest absolute Gasteiger partial charge is 0.241 e. The first-order valence-electron chi connectivity index (χ1n) is 8.55. The number of carbonyl (C=O) groups is 1. The summed E-state index contributed by atoms with van der Waals surface area (Å²) < 4.78 is 5.84. The number of likely N-dealkylation sites (tertiary alicyclic amines) is 1. The highest BCUT2D eigenvalue weighted by Gasteiger charge is 2.35. The van der Waals surface area contributed by atoms with Crippen LogP contribution in [-0.2, 0) is 4.79 Å². The highest BCUT2D eigenvalue weighted by molar-refractivity contribution is 7.10. The molecular formula is C17H21N5O2S. The van der Waals surface area contributed by atoms with E-state index in [-0.39, 0.29) is 24.1 Å². The average molecular weight is 359 g/mol. The monoisotopic (exact) mass is 359 g/mol. The van der Waals surface area contributed by atoms with Crippen LogP contribution in [-0.4, -0.2) is 46.0 Å². The van der Waals surface area contributed by atoms with Crippen LogP contribution in [0.5, 0.6) is 5.88 Å². The Kier molecular flexibility index (Phi) is 4.91. The normalized spacial score (nSPS) is 24.4. The van der Waals surface area contributed by atoms with Gasteiger partial charge in [-0.3, -0.25) is 9.78 Å². The van der Waals surface area contributed by atoms with Gasteiger partial charge >= 0.3 is 0 Å². The molecule has 2 aliphatic heterocycles. The van der Waals surface area contributed by atoms with Crippen LogP contribution in [0.3, 0.4) is 0 Å². The van der Waals surface area contributed by atoms with Crippen molar-refractivity contribution in [2.45, 2.75) is 37.5 Å². The Morgan fingerprint density at radius 2 is 2.16 bits per heavy atom. The number of piperidine rings is 1. The number of nitrogens with one attached hydrogen (secondary N) is 2. The van der Waals surface area contributed by atoms with E-state index in [1.165, 1.54) is 4.88 Å². The molecule has 0 bridgehead atoms. The summed E-state index contributed by atoms with van der Waals surface area (Å²) in [6, 6.07) is 4.20. The Bertz CT molecular complexity index is 688. The SMILES string of the molecule is O=C(C1CC(c2cccs2)NN1)N1CCC(Oc2cnccn2)CC1. The first kappa shape index (κ1) is 16.4. The molecule has 2 saturated heterocycles. The molecule has 0 radical (unpaired) electrons. The van der Waals surface area contributed by atoms with E-state index >= 15 is 0 Å². The third-order valence-corrected chi connectivity index (χ3v) is 5.65. The van der Waals surface area contributed by atoms with E-state index < -0.39 is 0 Å². The second-order valence-electron chi connectivity index (χ2n) is 6.33. The van der Waals surface area contributed by atoms with Gasteiger partial charge in [0.05, 0.1) is 12.2 Å². The summed E-state index contributed by atoms with van der Waals surface area (Å²) in [5.41, 5.74) is 6.40. The van der Waals surface area contributed by atoms with Crippen molar-refractivity contribution in [2.24, 2.45) is 0 Å². The lowest BCUT2D eigenvalue weighted by molar-refractivity contribution is -0.135. The molecule has 2 atom stereocenters. The van der Waals surface area contributed by atoms with Crippen LogP contribution in [0.2, 0.25) is 0 Å². The zero-order valence-corrected chi connectivity index (χ0v) is 14.6. The molecule has 0 aliphatic carbocycles. The largest absolute Gasteiger partial charge is 0.473 e. The number of hydrazine groups is 1. The fourth-order valence-electron chi connectivity index (χ4n) is 3.33. The second kappa shape index (κ2) is 7.47. The second-order valence-corrected chi connectivity index (χ2v) is 7.31. The number of ether oxygens (including phenoxy) is 1. The van der Waals surface area contributed by atoms with Crippen LogP contribution >= 0.6 is 11.3 Å². The van der Waals surface area contributed by atoms with E-state index in [1.807, 2.05) is 11.0 Å². The number of nitrogens with zero attached hydrogens (tertiary/aromatic N) is 3. The molecule has 2 aliphatic rings. The van der Waals surface area contributed by atoms with Crippen molar-refractivity contribution < 1.29 is 9.53 Å². The van der Waals surface area contributed by atoms with Crippen molar-refractivity contribution in [2.75, 3.05) is 13.1 Å². The Balaban J connectivity index is 1.27. The molecule has 2 aromatic rings. The fraction of sp³-hybridized carbons (Fsp3) is 0.471. The maximum atomic E-state index is 12.7. The van der Waals surface area contributed by atoms with Crippen molar-refractivity contribution in [3.8, 4) is 5.88 Å². The number of hydrogen-bond donors (Lipinski definition) is 2. The van der Waals surface area contributed by atoms with E-state index in [0.29, 0.717) is 19.0 Å². The predicted octanol–water partition coefficient (Wildman–Crippen LogP) is 1.52. The molecule has 2 N–H and O–H groups in total. The average Bonchev–Trinajstić information content (AvgIpc) is 3.34. The molecule has 1 amide bonds. The van der Waals surface area contributed by atoms with E-state index in [9.17, 15) is 4.79 Å². The third-order valence-electron chi connectivity index (χ3n) is 4.67. The van der Waals surface area contributed by atoms with Gasteiger partial charge in [-0.2, -0.15) is 0 Å². The van der Waals surface area contributed by atoms with E-state index in [1.54, 1.807) is 29.9 Å². The Hall–Kier alpha value is -2.03. The molecule has 8 heteroatoms. The molecule has 4 heterocycles. The molecule has 132 valence electrons. The van der Waals surface area contributed by atoms with Crippen LogP contribution in [0.15, 0.2) is 36.1 Å². The lowest BCUT2D eigenvalue weighted by Crippen LogP contribution is -2.49. The van der Waals surface area contributed by atoms with E-state index in [4.69, 9.17) is 4.74 Å². The van der Waals surface area contributed by atoms with Gasteiger partial charge in [0.25, 0.3) is 0 Å². The standard InChI is InChI=1S/C17H21N5O2S/c23-17(14-10-13(20-21-14)15-2-1-9-25-15)22-7-3-12(4-8-22)24-16-11-18-5-6-19-16/h1-2,5-6,9,11-14,20-21H,3-4,7-8,10H2. The highest BCUT2D eigenvalue weighted by Crippen LogP contribution is 2.27. The summed E-state index contributed by atoms with van der Waals surface area (Å²) in [7, 11) is 0. The number of hydrogen-bond acceptors (Lipinski definition) is 7. The number of thiophene rings is 1. The van der Waals surface area contributed by atoms with Crippen LogP contribution in [0.1, 0.15) is 30.2 Å². The molecular weight excluding hydrogens is 338 g/mol. The van der Waals surface area contributed by atoms with Gasteiger partial charge in [0.15, 0.2) is 0 Å². The van der Waals surface area contributed by atoms with Gasteiger partial charge in [-0.25, -0.2) is 15.8 Å². The lowest BCUT2D eigenvalue weighted by Gasteiger charge is -2.33. The molecule has 2 fully saturated rings. The quantitative estimate of drug-likeness (QED) is 0.862. The van der Waals surface area contributed by atoms with Gasteiger partial charge in [-0.15, -0.1) is 11.3 Å². The van der Waals surface area contributed by atoms with E-state index in [0.717, 1.165) is 19.3 Å². The first-order valence-corrected chi connectivity index (χ1v) is 9.43. The molecule has 7 nitrogen and oxygen atoms in total. The molecule has 0 spiro atoms. The maximum Gasteiger partial charge on any atom is 0.241 e. The minimum Gasteiger partial charge on any atom is -0.473 e. The fourth-order valence-corrected chi connectivity index (χ4v) is 4.12. The lowest BCUT2D eigenvalue weighted by atomic mass is 10.0. The highest BCUT2D eigenvalue weighted by atomic mass is 32.1. The van der Waals surface area contributed by atoms with Crippen molar-refractivity contribution in [3.05, 3.63) is 41.0 Å². The van der Waals surface area contributed by atoms with Gasteiger partial charge in [0, 0.05) is 43.2 Å². The summed E-state index contributed by atoms with van der Waals surface area (Å²) in [5.74, 6) is 0.720. The minimum absolute atomic E-state index is 0.0919. The first-order chi connectivity index (χ1) is 12.3. The van der Waals surface area contributed by atoms with Crippen molar-refractivity contribution in [1.29, 1.82) is 0 Å². The molecule has 0 aromatic carbocycles. The summed E-state index contributed by atoms with van der Waals surface area (Å²) in [6.07, 6.45) is 7.38. The zero-order valence-electron chi connectivity index (χ0n) is 13.8. The number of rotatable bonds is 4. The predicted molar refractivity (Wildman–Crippen MR) is 94.0 cm³/mol. The van der Waals surface area contributed by atoms with Crippen LogP contribution in [0, 0.1) is 0 Å². The number of amides is 1. The molecule has 2 unspecified atom stereocenters. The minimum atomic E-state index is -0.162. The summed E-state index contributed by atoms with van der Waals surface area (Å²) in [5, 5.41) is 2.06. The van der Waals surface area contributed by atoms with Gasteiger partial charge < -0.3 is 9.64 Å². The third kappa shape index (κ3) is 3.81. The van der Waals surface area contributed by atoms with Gasteiger partial charge in [-0.05, 0) is 17.9 Å². The van der Waals surface area contributed by atoms with Crippen molar-refractivity contribution >= 4 is 17.2 Å². The number of carbonyl (C=O) groups excluding carboxylic acids is 1. The van der Waals surface area contributed by atoms with Crippen molar-refractivity contribution in [1.82, 2.24) is 25.7 Å². The van der Waals surface area contributed by atoms with Gasteiger partial charge in [0.2, 0.25) is 11.8 Å². The molecule has 2 aromatic heterocycles. The van der Waals surface area contributed by atoms with E-state index in [2.05, 4.69) is 32.3 Å². The van der Waals surface area contributed by atoms with Gasteiger partial charge in [0.1, 0.15) is 12.1 Å². The summed E-state index contributed by atoms with van der Waals surface area (Å²) >= 11 is 1.72. The Labute approximate surface area is 150 Å². The molecule has 0 saturated carbocycles. The van der Waals surface area contributed by atoms with Gasteiger partial charge in [-0.1, -0.05) is 6.07 Å². The maximum absolute atomic E-state index is 12.7. The summed E-state index contributed by atoms with van der Waals surface area (Å²) in [6.45, 7) is 1.43. The topological polar surface area (TPSA) is 79.4 Å².